The summed E-state index contributed by atoms with van der Waals surface area (Å²) in [5.41, 5.74) is 0. The molecule has 0 radical (unpaired) electrons. The van der Waals surface area contributed by atoms with Crippen LogP contribution in [0.5, 0.6) is 0 Å². The lowest BCUT2D eigenvalue weighted by Crippen LogP contribution is -2.51. The van der Waals surface area contributed by atoms with Crippen molar-refractivity contribution < 1.29 is 4.74 Å². The lowest BCUT2D eigenvalue weighted by Gasteiger charge is -2.35. The van der Waals surface area contributed by atoms with Crippen LogP contribution in [0, 0.1) is 5.92 Å². The van der Waals surface area contributed by atoms with E-state index in [-0.39, 0.29) is 24.0 Å². The Morgan fingerprint density at radius 2 is 2.08 bits per heavy atom. The number of rotatable bonds is 8. The fourth-order valence-electron chi connectivity index (χ4n) is 3.04. The Hall–Kier alpha value is -0.380. The summed E-state index contributed by atoms with van der Waals surface area (Å²) in [7, 11) is 1.84. The Morgan fingerprint density at radius 3 is 2.68 bits per heavy atom. The van der Waals surface area contributed by atoms with Crippen LogP contribution in [-0.2, 0) is 11.2 Å². The monoisotopic (exact) mass is 480 g/mol. The second-order valence-electron chi connectivity index (χ2n) is 6.64. The van der Waals surface area contributed by atoms with Crippen LogP contribution in [0.3, 0.4) is 0 Å². The lowest BCUT2D eigenvalue weighted by atomic mass is 10.0. The largest absolute Gasteiger partial charge is 0.379 e. The maximum atomic E-state index is 5.49. The Morgan fingerprint density at radius 1 is 1.32 bits per heavy atom. The Bertz CT molecular complexity index is 475. The van der Waals surface area contributed by atoms with E-state index in [2.05, 4.69) is 51.9 Å². The third-order valence-electron chi connectivity index (χ3n) is 4.28. The van der Waals surface area contributed by atoms with Gasteiger partial charge in [-0.05, 0) is 30.2 Å². The van der Waals surface area contributed by atoms with E-state index in [0.717, 1.165) is 51.8 Å². The lowest BCUT2D eigenvalue weighted by molar-refractivity contribution is 0.0132. The van der Waals surface area contributed by atoms with Gasteiger partial charge in [0.2, 0.25) is 0 Å². The predicted octanol–water partition coefficient (Wildman–Crippen LogP) is 2.82. The van der Waals surface area contributed by atoms with E-state index in [1.54, 1.807) is 0 Å². The number of guanidine groups is 1. The Kier molecular flexibility index (Phi) is 11.7. The van der Waals surface area contributed by atoms with Gasteiger partial charge in [-0.15, -0.1) is 35.3 Å². The molecular formula is C18H33IN4OS. The molecule has 0 aliphatic carbocycles. The number of morpholine rings is 1. The molecular weight excluding hydrogens is 447 g/mol. The zero-order chi connectivity index (χ0) is 17.2. The van der Waals surface area contributed by atoms with Gasteiger partial charge in [0.25, 0.3) is 0 Å². The van der Waals surface area contributed by atoms with Crippen molar-refractivity contribution >= 4 is 41.3 Å². The molecule has 0 bridgehead atoms. The van der Waals surface area contributed by atoms with E-state index < -0.39 is 0 Å². The molecule has 1 aliphatic heterocycles. The van der Waals surface area contributed by atoms with Gasteiger partial charge in [-0.1, -0.05) is 19.9 Å². The molecule has 0 spiro atoms. The molecule has 2 N–H and O–H groups in total. The van der Waals surface area contributed by atoms with Crippen molar-refractivity contribution in [3.05, 3.63) is 22.4 Å². The summed E-state index contributed by atoms with van der Waals surface area (Å²) in [6.07, 6.45) is 2.23. The van der Waals surface area contributed by atoms with Crippen molar-refractivity contribution in [3.63, 3.8) is 0 Å². The molecule has 2 heterocycles. The van der Waals surface area contributed by atoms with Crippen LogP contribution in [-0.4, -0.2) is 63.3 Å². The van der Waals surface area contributed by atoms with E-state index in [1.165, 1.54) is 11.3 Å². The van der Waals surface area contributed by atoms with Gasteiger partial charge in [0.15, 0.2) is 5.96 Å². The molecule has 0 amide bonds. The molecule has 5 nitrogen and oxygen atoms in total. The molecule has 1 aliphatic rings. The van der Waals surface area contributed by atoms with E-state index in [9.17, 15) is 0 Å². The average Bonchev–Trinajstić information content (AvgIpc) is 3.10. The minimum Gasteiger partial charge on any atom is -0.379 e. The van der Waals surface area contributed by atoms with Crippen LogP contribution < -0.4 is 10.6 Å². The van der Waals surface area contributed by atoms with Crippen molar-refractivity contribution in [1.82, 2.24) is 15.5 Å². The summed E-state index contributed by atoms with van der Waals surface area (Å²) in [6.45, 7) is 10.2. The van der Waals surface area contributed by atoms with Gasteiger partial charge in [0, 0.05) is 44.1 Å². The van der Waals surface area contributed by atoms with Crippen LogP contribution in [0.1, 0.15) is 25.1 Å². The van der Waals surface area contributed by atoms with Crippen LogP contribution >= 0.6 is 35.3 Å². The molecule has 1 aromatic rings. The van der Waals surface area contributed by atoms with Crippen molar-refractivity contribution in [1.29, 1.82) is 0 Å². The Labute approximate surface area is 173 Å². The molecule has 1 atom stereocenters. The predicted molar refractivity (Wildman–Crippen MR) is 118 cm³/mol. The first-order valence-corrected chi connectivity index (χ1v) is 9.85. The van der Waals surface area contributed by atoms with Crippen LogP contribution in [0.25, 0.3) is 0 Å². The van der Waals surface area contributed by atoms with Crippen LogP contribution in [0.4, 0.5) is 0 Å². The number of nitrogens with one attached hydrogen (secondary N) is 2. The van der Waals surface area contributed by atoms with Gasteiger partial charge in [0.1, 0.15) is 0 Å². The molecule has 0 aromatic carbocycles. The second-order valence-corrected chi connectivity index (χ2v) is 7.67. The van der Waals surface area contributed by atoms with Crippen molar-refractivity contribution in [3.8, 4) is 0 Å². The fraction of sp³-hybridized carbons (Fsp3) is 0.722. The normalized spacial score (nSPS) is 17.2. The highest BCUT2D eigenvalue weighted by molar-refractivity contribution is 14.0. The van der Waals surface area contributed by atoms with Gasteiger partial charge < -0.3 is 15.4 Å². The standard InChI is InChI=1S/C18H32N4OS.HI/c1-15(2)13-16(22-8-10-23-11-9-22)14-21-18(19-3)20-7-6-17-5-4-12-24-17;/h4-5,12,15-16H,6-11,13-14H2,1-3H3,(H2,19,20,21);1H. The summed E-state index contributed by atoms with van der Waals surface area (Å²) < 4.78 is 5.49. The summed E-state index contributed by atoms with van der Waals surface area (Å²) >= 11 is 1.81. The third kappa shape index (κ3) is 8.70. The summed E-state index contributed by atoms with van der Waals surface area (Å²) in [5.74, 6) is 1.59. The smallest absolute Gasteiger partial charge is 0.191 e. The van der Waals surface area contributed by atoms with E-state index in [4.69, 9.17) is 4.74 Å². The SMILES string of the molecule is CN=C(NCCc1cccs1)NCC(CC(C)C)N1CCOCC1.I. The summed E-state index contributed by atoms with van der Waals surface area (Å²) in [4.78, 5) is 8.32. The van der Waals surface area contributed by atoms with Gasteiger partial charge in [-0.25, -0.2) is 0 Å². The zero-order valence-electron chi connectivity index (χ0n) is 15.7. The number of aliphatic imine (C=N–C) groups is 1. The highest BCUT2D eigenvalue weighted by Crippen LogP contribution is 2.13. The summed E-state index contributed by atoms with van der Waals surface area (Å²) in [6, 6.07) is 4.82. The van der Waals surface area contributed by atoms with Gasteiger partial charge >= 0.3 is 0 Å². The number of thiophene rings is 1. The number of ether oxygens (including phenoxy) is 1. The van der Waals surface area contributed by atoms with Crippen LogP contribution in [0.15, 0.2) is 22.5 Å². The number of nitrogens with zero attached hydrogens (tertiary/aromatic N) is 2. The quantitative estimate of drug-likeness (QED) is 0.342. The maximum Gasteiger partial charge on any atom is 0.191 e. The second kappa shape index (κ2) is 12.9. The summed E-state index contributed by atoms with van der Waals surface area (Å²) in [5, 5.41) is 9.06. The number of hydrogen-bond donors (Lipinski definition) is 2. The fourth-order valence-corrected chi connectivity index (χ4v) is 3.75. The first-order valence-electron chi connectivity index (χ1n) is 8.97. The van der Waals surface area contributed by atoms with Gasteiger partial charge in [-0.2, -0.15) is 0 Å². The molecule has 2 rings (SSSR count). The molecule has 1 fully saturated rings. The average molecular weight is 480 g/mol. The van der Waals surface area contributed by atoms with Gasteiger partial charge in [0.05, 0.1) is 13.2 Å². The molecule has 7 heteroatoms. The molecule has 1 saturated heterocycles. The molecule has 0 saturated carbocycles. The molecule has 1 unspecified atom stereocenters. The minimum absolute atomic E-state index is 0. The van der Waals surface area contributed by atoms with Crippen molar-refractivity contribution in [2.75, 3.05) is 46.4 Å². The first kappa shape index (κ1) is 22.7. The third-order valence-corrected chi connectivity index (χ3v) is 5.21. The van der Waals surface area contributed by atoms with Crippen molar-refractivity contribution in [2.24, 2.45) is 10.9 Å². The molecule has 144 valence electrons. The van der Waals surface area contributed by atoms with E-state index in [0.29, 0.717) is 12.0 Å². The van der Waals surface area contributed by atoms with Crippen LogP contribution in [0.2, 0.25) is 0 Å². The molecule has 25 heavy (non-hydrogen) atoms. The van der Waals surface area contributed by atoms with E-state index >= 15 is 0 Å². The highest BCUT2D eigenvalue weighted by Gasteiger charge is 2.22. The first-order chi connectivity index (χ1) is 11.7. The van der Waals surface area contributed by atoms with E-state index in [1.807, 2.05) is 18.4 Å². The maximum absolute atomic E-state index is 5.49. The van der Waals surface area contributed by atoms with Gasteiger partial charge in [-0.3, -0.25) is 9.89 Å². The van der Waals surface area contributed by atoms with Crippen molar-refractivity contribution in [2.45, 2.75) is 32.7 Å². The highest BCUT2D eigenvalue weighted by atomic mass is 127. The molecule has 1 aromatic heterocycles. The number of hydrogen-bond acceptors (Lipinski definition) is 4. The Balaban J connectivity index is 0.00000312. The number of halogens is 1. The minimum atomic E-state index is 0. The zero-order valence-corrected chi connectivity index (χ0v) is 18.8. The topological polar surface area (TPSA) is 48.9 Å².